The van der Waals surface area contributed by atoms with Crippen molar-refractivity contribution < 1.29 is 22.6 Å². The van der Waals surface area contributed by atoms with E-state index >= 15 is 0 Å². The van der Waals surface area contributed by atoms with Crippen LogP contribution < -0.4 is 14.8 Å². The van der Waals surface area contributed by atoms with Crippen LogP contribution in [0, 0.1) is 0 Å². The first-order valence-corrected chi connectivity index (χ1v) is 6.73. The monoisotopic (exact) mass is 305 g/mol. The van der Waals surface area contributed by atoms with E-state index in [2.05, 4.69) is 5.32 Å². The van der Waals surface area contributed by atoms with Gasteiger partial charge >= 0.3 is 6.18 Å². The predicted octanol–water partition coefficient (Wildman–Crippen LogP) is 3.91. The molecule has 0 aliphatic heterocycles. The number of benzene rings is 1. The highest BCUT2D eigenvalue weighted by Crippen LogP contribution is 2.32. The quantitative estimate of drug-likeness (QED) is 0.864. The maximum absolute atomic E-state index is 12.2. The minimum Gasteiger partial charge on any atom is -0.493 e. The topological polar surface area (TPSA) is 30.5 Å². The van der Waals surface area contributed by atoms with Crippen molar-refractivity contribution in [2.24, 2.45) is 0 Å². The van der Waals surface area contributed by atoms with Crippen LogP contribution >= 0.6 is 0 Å². The van der Waals surface area contributed by atoms with Crippen molar-refractivity contribution in [3.63, 3.8) is 0 Å². The lowest BCUT2D eigenvalue weighted by molar-refractivity contribution is -0.139. The predicted molar refractivity (Wildman–Crippen MR) is 75.8 cm³/mol. The minimum absolute atomic E-state index is 0.105. The Balaban J connectivity index is 2.82. The Hall–Kier alpha value is -1.43. The van der Waals surface area contributed by atoms with E-state index in [-0.39, 0.29) is 5.54 Å². The number of rotatable bonds is 6. The fourth-order valence-corrected chi connectivity index (χ4v) is 1.65. The molecule has 1 rings (SSSR count). The summed E-state index contributed by atoms with van der Waals surface area (Å²) in [6.07, 6.45) is -5.22. The van der Waals surface area contributed by atoms with Crippen LogP contribution in [0.1, 0.15) is 32.8 Å². The van der Waals surface area contributed by atoms with Crippen LogP contribution in [0.25, 0.3) is 0 Å². The third kappa shape index (κ3) is 6.71. The highest BCUT2D eigenvalue weighted by molar-refractivity contribution is 5.46. The Bertz CT molecular complexity index is 453. The molecule has 0 atom stereocenters. The lowest BCUT2D eigenvalue weighted by Crippen LogP contribution is -2.35. The molecular formula is C15H22F3NO2. The first-order chi connectivity index (χ1) is 9.62. The Kier molecular flexibility index (Phi) is 5.89. The van der Waals surface area contributed by atoms with Gasteiger partial charge in [-0.05, 0) is 26.8 Å². The fourth-order valence-electron chi connectivity index (χ4n) is 1.65. The Morgan fingerprint density at radius 3 is 2.33 bits per heavy atom. The van der Waals surface area contributed by atoms with Crippen LogP contribution in [0.5, 0.6) is 11.5 Å². The van der Waals surface area contributed by atoms with Crippen molar-refractivity contribution in [3.05, 3.63) is 23.8 Å². The van der Waals surface area contributed by atoms with Crippen LogP contribution in [0.15, 0.2) is 18.2 Å². The first kappa shape index (κ1) is 17.6. The zero-order chi connectivity index (χ0) is 16.1. The van der Waals surface area contributed by atoms with Crippen molar-refractivity contribution in [2.45, 2.75) is 45.5 Å². The Morgan fingerprint density at radius 1 is 1.14 bits per heavy atom. The molecule has 120 valence electrons. The molecular weight excluding hydrogens is 283 g/mol. The van der Waals surface area contributed by atoms with Gasteiger partial charge in [-0.25, -0.2) is 0 Å². The molecule has 0 aliphatic carbocycles. The zero-order valence-electron chi connectivity index (χ0n) is 12.8. The number of nitrogens with one attached hydrogen (secondary N) is 1. The number of methoxy groups -OCH3 is 1. The third-order valence-corrected chi connectivity index (χ3v) is 2.72. The van der Waals surface area contributed by atoms with Crippen LogP contribution in [0.3, 0.4) is 0 Å². The van der Waals surface area contributed by atoms with Gasteiger partial charge in [0.05, 0.1) is 20.1 Å². The molecule has 0 saturated carbocycles. The van der Waals surface area contributed by atoms with Crippen molar-refractivity contribution in [1.82, 2.24) is 5.32 Å². The molecule has 0 heterocycles. The second kappa shape index (κ2) is 7.02. The maximum Gasteiger partial charge on any atom is 0.392 e. The second-order valence-electron chi connectivity index (χ2n) is 5.77. The van der Waals surface area contributed by atoms with E-state index in [0.717, 1.165) is 5.56 Å². The maximum atomic E-state index is 12.2. The largest absolute Gasteiger partial charge is 0.493 e. The van der Waals surface area contributed by atoms with E-state index in [1.54, 1.807) is 12.1 Å². The third-order valence-electron chi connectivity index (χ3n) is 2.72. The smallest absolute Gasteiger partial charge is 0.392 e. The molecule has 1 N–H and O–H groups in total. The van der Waals surface area contributed by atoms with E-state index in [1.165, 1.54) is 7.11 Å². The van der Waals surface area contributed by atoms with Crippen molar-refractivity contribution in [1.29, 1.82) is 0 Å². The van der Waals surface area contributed by atoms with E-state index < -0.39 is 19.2 Å². The Labute approximate surface area is 123 Å². The molecule has 0 radical (unpaired) electrons. The number of ether oxygens (including phenoxy) is 2. The minimum atomic E-state index is -4.23. The van der Waals surface area contributed by atoms with Gasteiger partial charge in [0.15, 0.2) is 11.5 Å². The van der Waals surface area contributed by atoms with Gasteiger partial charge in [-0.2, -0.15) is 13.2 Å². The molecule has 21 heavy (non-hydrogen) atoms. The number of hydrogen-bond donors (Lipinski definition) is 1. The Morgan fingerprint density at radius 2 is 1.81 bits per heavy atom. The summed E-state index contributed by atoms with van der Waals surface area (Å²) in [6, 6.07) is 5.27. The average molecular weight is 305 g/mol. The lowest BCUT2D eigenvalue weighted by atomic mass is 10.1. The summed E-state index contributed by atoms with van der Waals surface area (Å²) in [6.45, 7) is 6.10. The first-order valence-electron chi connectivity index (χ1n) is 6.73. The van der Waals surface area contributed by atoms with Crippen molar-refractivity contribution in [3.8, 4) is 11.5 Å². The molecule has 1 aromatic rings. The van der Waals surface area contributed by atoms with Gasteiger partial charge in [0.25, 0.3) is 0 Å². The molecule has 0 aliphatic rings. The van der Waals surface area contributed by atoms with Crippen LogP contribution in [0.2, 0.25) is 0 Å². The number of para-hydroxylation sites is 1. The summed E-state index contributed by atoms with van der Waals surface area (Å²) in [5.41, 5.74) is 0.665. The number of halogens is 3. The molecule has 0 fully saturated rings. The van der Waals surface area contributed by atoms with Crippen LogP contribution in [-0.2, 0) is 6.54 Å². The summed E-state index contributed by atoms with van der Waals surface area (Å²) < 4.78 is 47.1. The van der Waals surface area contributed by atoms with E-state index in [9.17, 15) is 13.2 Å². The number of hydrogen-bond acceptors (Lipinski definition) is 3. The van der Waals surface area contributed by atoms with Gasteiger partial charge in [-0.1, -0.05) is 12.1 Å². The standard InChI is InChI=1S/C15H22F3NO2/c1-14(2,3)19-10-11-6-5-7-12(20-4)13(11)21-9-8-15(16,17)18/h5-7,19H,8-10H2,1-4H3. The van der Waals surface area contributed by atoms with Crippen molar-refractivity contribution >= 4 is 0 Å². The highest BCUT2D eigenvalue weighted by atomic mass is 19.4. The second-order valence-corrected chi connectivity index (χ2v) is 5.77. The van der Waals surface area contributed by atoms with Gasteiger partial charge in [-0.3, -0.25) is 0 Å². The van der Waals surface area contributed by atoms with Gasteiger partial charge < -0.3 is 14.8 Å². The summed E-state index contributed by atoms with van der Waals surface area (Å²) in [4.78, 5) is 0. The van der Waals surface area contributed by atoms with Gasteiger partial charge in [-0.15, -0.1) is 0 Å². The lowest BCUT2D eigenvalue weighted by Gasteiger charge is -2.22. The molecule has 0 aromatic heterocycles. The van der Waals surface area contributed by atoms with Crippen molar-refractivity contribution in [2.75, 3.05) is 13.7 Å². The average Bonchev–Trinajstić information content (AvgIpc) is 2.34. The molecule has 1 aromatic carbocycles. The van der Waals surface area contributed by atoms with E-state index in [1.807, 2.05) is 26.8 Å². The summed E-state index contributed by atoms with van der Waals surface area (Å²) in [5, 5.41) is 3.28. The van der Waals surface area contributed by atoms with Gasteiger partial charge in [0.1, 0.15) is 0 Å². The summed E-state index contributed by atoms with van der Waals surface area (Å²) in [7, 11) is 1.47. The van der Waals surface area contributed by atoms with E-state index in [4.69, 9.17) is 9.47 Å². The van der Waals surface area contributed by atoms with Crippen LogP contribution in [-0.4, -0.2) is 25.4 Å². The SMILES string of the molecule is COc1cccc(CNC(C)(C)C)c1OCCC(F)(F)F. The normalized spacial score (nSPS) is 12.3. The molecule has 0 unspecified atom stereocenters. The van der Waals surface area contributed by atoms with Gasteiger partial charge in [0, 0.05) is 17.6 Å². The molecule has 6 heteroatoms. The fraction of sp³-hybridized carbons (Fsp3) is 0.600. The molecule has 0 amide bonds. The molecule has 0 bridgehead atoms. The molecule has 0 spiro atoms. The summed E-state index contributed by atoms with van der Waals surface area (Å²) >= 11 is 0. The van der Waals surface area contributed by atoms with Crippen LogP contribution in [0.4, 0.5) is 13.2 Å². The summed E-state index contributed by atoms with van der Waals surface area (Å²) in [5.74, 6) is 0.798. The van der Waals surface area contributed by atoms with Gasteiger partial charge in [0.2, 0.25) is 0 Å². The molecule has 0 saturated heterocycles. The zero-order valence-corrected chi connectivity index (χ0v) is 12.8. The number of alkyl halides is 3. The van der Waals surface area contributed by atoms with E-state index in [0.29, 0.717) is 18.0 Å². The molecule has 3 nitrogen and oxygen atoms in total. The highest BCUT2D eigenvalue weighted by Gasteiger charge is 2.27.